The molecule has 0 N–H and O–H groups in total. The second-order valence-electron chi connectivity index (χ2n) is 5.19. The molecule has 0 aromatic heterocycles. The lowest BCUT2D eigenvalue weighted by Crippen LogP contribution is -2.31. The predicted octanol–water partition coefficient (Wildman–Crippen LogP) is 3.07. The summed E-state index contributed by atoms with van der Waals surface area (Å²) in [6, 6.07) is 7.74. The Balaban J connectivity index is 2.17. The standard InChI is InChI=1S/C15H20O3/c1-4-17-14(16)15(2,3)11-6-5-7-13(10-11)18-12-8-9-12/h5-7,10,12H,4,8-9H2,1-3H3. The molecule has 0 atom stereocenters. The van der Waals surface area contributed by atoms with E-state index in [4.69, 9.17) is 9.47 Å². The van der Waals surface area contributed by atoms with Crippen LogP contribution in [-0.4, -0.2) is 18.7 Å². The number of carbonyl (C=O) groups is 1. The molecular formula is C15H20O3. The van der Waals surface area contributed by atoms with Crippen molar-refractivity contribution < 1.29 is 14.3 Å². The summed E-state index contributed by atoms with van der Waals surface area (Å²) in [4.78, 5) is 11.9. The number of esters is 1. The van der Waals surface area contributed by atoms with Crippen LogP contribution in [0.2, 0.25) is 0 Å². The number of ether oxygens (including phenoxy) is 2. The average molecular weight is 248 g/mol. The van der Waals surface area contributed by atoms with Crippen LogP contribution in [-0.2, 0) is 14.9 Å². The van der Waals surface area contributed by atoms with Crippen molar-refractivity contribution in [3.63, 3.8) is 0 Å². The second kappa shape index (κ2) is 5.01. The van der Waals surface area contributed by atoms with E-state index in [9.17, 15) is 4.79 Å². The van der Waals surface area contributed by atoms with E-state index < -0.39 is 5.41 Å². The Hall–Kier alpha value is -1.51. The van der Waals surface area contributed by atoms with Crippen LogP contribution in [0.4, 0.5) is 0 Å². The van der Waals surface area contributed by atoms with Crippen LogP contribution in [0.1, 0.15) is 39.2 Å². The number of hydrogen-bond donors (Lipinski definition) is 0. The van der Waals surface area contributed by atoms with Gasteiger partial charge in [-0.05, 0) is 51.3 Å². The molecule has 0 bridgehead atoms. The number of rotatable bonds is 5. The summed E-state index contributed by atoms with van der Waals surface area (Å²) in [6.07, 6.45) is 2.63. The normalized spacial score (nSPS) is 15.3. The van der Waals surface area contributed by atoms with Crippen LogP contribution in [0.15, 0.2) is 24.3 Å². The fraction of sp³-hybridized carbons (Fsp3) is 0.533. The van der Waals surface area contributed by atoms with E-state index in [1.54, 1.807) is 0 Å². The summed E-state index contributed by atoms with van der Waals surface area (Å²) >= 11 is 0. The van der Waals surface area contributed by atoms with Crippen molar-refractivity contribution in [3.8, 4) is 5.75 Å². The van der Waals surface area contributed by atoms with Crippen molar-refractivity contribution in [1.29, 1.82) is 0 Å². The maximum absolute atomic E-state index is 11.9. The van der Waals surface area contributed by atoms with Gasteiger partial charge in [-0.1, -0.05) is 12.1 Å². The van der Waals surface area contributed by atoms with E-state index in [0.717, 1.165) is 24.2 Å². The smallest absolute Gasteiger partial charge is 0.315 e. The molecule has 0 aliphatic heterocycles. The van der Waals surface area contributed by atoms with E-state index in [-0.39, 0.29) is 5.97 Å². The highest BCUT2D eigenvalue weighted by Gasteiger charge is 2.32. The van der Waals surface area contributed by atoms with Gasteiger partial charge in [0, 0.05) is 0 Å². The summed E-state index contributed by atoms with van der Waals surface area (Å²) in [5.41, 5.74) is 0.290. The maximum Gasteiger partial charge on any atom is 0.315 e. The third-order valence-corrected chi connectivity index (χ3v) is 3.17. The highest BCUT2D eigenvalue weighted by molar-refractivity contribution is 5.82. The van der Waals surface area contributed by atoms with Gasteiger partial charge < -0.3 is 9.47 Å². The largest absolute Gasteiger partial charge is 0.490 e. The fourth-order valence-electron chi connectivity index (χ4n) is 1.77. The van der Waals surface area contributed by atoms with Crippen LogP contribution < -0.4 is 4.74 Å². The number of benzene rings is 1. The van der Waals surface area contributed by atoms with Crippen LogP contribution in [0.3, 0.4) is 0 Å². The average Bonchev–Trinajstić information content (AvgIpc) is 3.13. The van der Waals surface area contributed by atoms with E-state index in [1.165, 1.54) is 0 Å². The summed E-state index contributed by atoms with van der Waals surface area (Å²) < 4.78 is 10.9. The van der Waals surface area contributed by atoms with Gasteiger partial charge in [-0.15, -0.1) is 0 Å². The predicted molar refractivity (Wildman–Crippen MR) is 69.8 cm³/mol. The van der Waals surface area contributed by atoms with Crippen molar-refractivity contribution >= 4 is 5.97 Å². The van der Waals surface area contributed by atoms with Crippen molar-refractivity contribution in [2.45, 2.75) is 45.1 Å². The fourth-order valence-corrected chi connectivity index (χ4v) is 1.77. The Labute approximate surface area is 108 Å². The summed E-state index contributed by atoms with van der Waals surface area (Å²) in [6.45, 7) is 5.98. The zero-order valence-corrected chi connectivity index (χ0v) is 11.2. The minimum absolute atomic E-state index is 0.200. The van der Waals surface area contributed by atoms with Gasteiger partial charge in [0.1, 0.15) is 5.75 Å². The minimum Gasteiger partial charge on any atom is -0.490 e. The summed E-state index contributed by atoms with van der Waals surface area (Å²) in [7, 11) is 0. The Morgan fingerprint density at radius 1 is 1.39 bits per heavy atom. The molecule has 0 radical (unpaired) electrons. The topological polar surface area (TPSA) is 35.5 Å². The highest BCUT2D eigenvalue weighted by Crippen LogP contribution is 2.31. The van der Waals surface area contributed by atoms with Crippen molar-refractivity contribution in [3.05, 3.63) is 29.8 Å². The zero-order valence-electron chi connectivity index (χ0n) is 11.2. The third kappa shape index (κ3) is 2.84. The molecule has 3 heteroatoms. The van der Waals surface area contributed by atoms with Gasteiger partial charge in [0.05, 0.1) is 18.1 Å². The van der Waals surface area contributed by atoms with Crippen LogP contribution in [0.25, 0.3) is 0 Å². The molecule has 1 fully saturated rings. The molecule has 0 amide bonds. The maximum atomic E-state index is 11.9. The molecule has 0 saturated heterocycles. The molecule has 0 unspecified atom stereocenters. The molecule has 1 saturated carbocycles. The quantitative estimate of drug-likeness (QED) is 0.751. The SMILES string of the molecule is CCOC(=O)C(C)(C)c1cccc(OC2CC2)c1. The van der Waals surface area contributed by atoms with Gasteiger partial charge in [-0.2, -0.15) is 0 Å². The van der Waals surface area contributed by atoms with Gasteiger partial charge in [0.15, 0.2) is 0 Å². The Morgan fingerprint density at radius 2 is 2.11 bits per heavy atom. The van der Waals surface area contributed by atoms with Gasteiger partial charge in [-0.3, -0.25) is 4.79 Å². The van der Waals surface area contributed by atoms with E-state index in [1.807, 2.05) is 45.0 Å². The molecule has 1 aliphatic rings. The summed E-state index contributed by atoms with van der Waals surface area (Å²) in [5.74, 6) is 0.640. The second-order valence-corrected chi connectivity index (χ2v) is 5.19. The van der Waals surface area contributed by atoms with Gasteiger partial charge >= 0.3 is 5.97 Å². The molecule has 1 aromatic rings. The van der Waals surface area contributed by atoms with Crippen molar-refractivity contribution in [2.75, 3.05) is 6.61 Å². The van der Waals surface area contributed by atoms with Gasteiger partial charge in [-0.25, -0.2) is 0 Å². The van der Waals surface area contributed by atoms with Crippen LogP contribution >= 0.6 is 0 Å². The minimum atomic E-state index is -0.640. The lowest BCUT2D eigenvalue weighted by molar-refractivity contribution is -0.148. The van der Waals surface area contributed by atoms with Crippen molar-refractivity contribution in [1.82, 2.24) is 0 Å². The summed E-state index contributed by atoms with van der Waals surface area (Å²) in [5, 5.41) is 0. The number of carbonyl (C=O) groups excluding carboxylic acids is 1. The van der Waals surface area contributed by atoms with Crippen LogP contribution in [0.5, 0.6) is 5.75 Å². The molecule has 1 aliphatic carbocycles. The first-order valence-electron chi connectivity index (χ1n) is 6.48. The lowest BCUT2D eigenvalue weighted by atomic mass is 9.84. The van der Waals surface area contributed by atoms with Crippen LogP contribution in [0, 0.1) is 0 Å². The first kappa shape index (κ1) is 12.9. The number of hydrogen-bond acceptors (Lipinski definition) is 3. The molecule has 2 rings (SSSR count). The monoisotopic (exact) mass is 248 g/mol. The lowest BCUT2D eigenvalue weighted by Gasteiger charge is -2.23. The first-order chi connectivity index (χ1) is 8.54. The third-order valence-electron chi connectivity index (χ3n) is 3.17. The van der Waals surface area contributed by atoms with E-state index >= 15 is 0 Å². The van der Waals surface area contributed by atoms with Gasteiger partial charge in [0.2, 0.25) is 0 Å². The van der Waals surface area contributed by atoms with E-state index in [0.29, 0.717) is 12.7 Å². The molecule has 0 spiro atoms. The Morgan fingerprint density at radius 3 is 2.72 bits per heavy atom. The molecule has 18 heavy (non-hydrogen) atoms. The Kier molecular flexibility index (Phi) is 3.60. The van der Waals surface area contributed by atoms with E-state index in [2.05, 4.69) is 0 Å². The molecule has 3 nitrogen and oxygen atoms in total. The highest BCUT2D eigenvalue weighted by atomic mass is 16.5. The zero-order chi connectivity index (χ0) is 13.2. The molecular weight excluding hydrogens is 228 g/mol. The van der Waals surface area contributed by atoms with Crippen molar-refractivity contribution in [2.24, 2.45) is 0 Å². The molecule has 0 heterocycles. The first-order valence-corrected chi connectivity index (χ1v) is 6.48. The Bertz CT molecular complexity index is 433. The molecule has 98 valence electrons. The molecule has 1 aromatic carbocycles. The van der Waals surface area contributed by atoms with Gasteiger partial charge in [0.25, 0.3) is 0 Å².